The molecule has 0 heterocycles. The predicted molar refractivity (Wildman–Crippen MR) is 69.5 cm³/mol. The maximum Gasteiger partial charge on any atom is 0.237 e. The van der Waals surface area contributed by atoms with Crippen molar-refractivity contribution in [1.82, 2.24) is 0 Å². The van der Waals surface area contributed by atoms with E-state index < -0.39 is 6.29 Å². The quantitative estimate of drug-likeness (QED) is 0.520. The van der Waals surface area contributed by atoms with Crippen LogP contribution in [0.1, 0.15) is 6.92 Å². The first-order valence-corrected chi connectivity index (χ1v) is 5.33. The monoisotopic (exact) mass is 248 g/mol. The lowest BCUT2D eigenvalue weighted by atomic mass is 10.3. The van der Waals surface area contributed by atoms with Crippen molar-refractivity contribution in [3.05, 3.63) is 56.7 Å². The minimum atomic E-state index is -0.460. The molecule has 1 rings (SSSR count). The third-order valence-corrected chi connectivity index (χ3v) is 1.88. The van der Waals surface area contributed by atoms with Crippen molar-refractivity contribution in [2.24, 2.45) is 0 Å². The molecule has 0 spiro atoms. The molecule has 0 aromatic heterocycles. The summed E-state index contributed by atoms with van der Waals surface area (Å²) < 4.78 is 20.9. The fourth-order valence-electron chi connectivity index (χ4n) is 1.30. The van der Waals surface area contributed by atoms with E-state index in [1.165, 1.54) is 18.8 Å². The van der Waals surface area contributed by atoms with Crippen LogP contribution in [0.5, 0.6) is 17.2 Å². The third-order valence-electron chi connectivity index (χ3n) is 1.88. The maximum atomic E-state index is 5.51. The largest absolute Gasteiger partial charge is 0.465 e. The van der Waals surface area contributed by atoms with Crippen molar-refractivity contribution in [1.29, 1.82) is 0 Å². The van der Waals surface area contributed by atoms with Crippen molar-refractivity contribution in [2.75, 3.05) is 0 Å². The van der Waals surface area contributed by atoms with E-state index in [1.54, 1.807) is 25.1 Å². The average molecular weight is 248 g/mol. The van der Waals surface area contributed by atoms with Gasteiger partial charge in [0.05, 0.1) is 18.8 Å². The predicted octanol–water partition coefficient (Wildman–Crippen LogP) is 3.62. The van der Waals surface area contributed by atoms with E-state index in [4.69, 9.17) is 18.9 Å². The second-order valence-electron chi connectivity index (χ2n) is 3.20. The van der Waals surface area contributed by atoms with Crippen LogP contribution in [0.15, 0.2) is 56.7 Å². The van der Waals surface area contributed by atoms with Gasteiger partial charge in [-0.15, -0.1) is 0 Å². The van der Waals surface area contributed by atoms with Gasteiger partial charge in [-0.2, -0.15) is 0 Å². The Bertz CT molecular complexity index is 398. The van der Waals surface area contributed by atoms with E-state index in [2.05, 4.69) is 19.7 Å². The van der Waals surface area contributed by atoms with E-state index in [1.807, 2.05) is 0 Å². The van der Waals surface area contributed by atoms with Crippen LogP contribution < -0.4 is 14.2 Å². The van der Waals surface area contributed by atoms with Crippen LogP contribution in [-0.4, -0.2) is 6.29 Å². The standard InChI is InChI=1S/C14H16O4/c1-5-15-11(4)18-14-9-12(16-6-2)8-13(10-14)17-7-3/h5-11H,1-3H2,4H3. The van der Waals surface area contributed by atoms with E-state index in [-0.39, 0.29) is 0 Å². The van der Waals surface area contributed by atoms with Gasteiger partial charge in [0.2, 0.25) is 6.29 Å². The van der Waals surface area contributed by atoms with E-state index >= 15 is 0 Å². The van der Waals surface area contributed by atoms with Gasteiger partial charge in [0.1, 0.15) is 17.2 Å². The Kier molecular flexibility index (Phi) is 5.38. The van der Waals surface area contributed by atoms with Gasteiger partial charge in [-0.05, 0) is 0 Å². The van der Waals surface area contributed by atoms with Gasteiger partial charge in [-0.3, -0.25) is 0 Å². The fraction of sp³-hybridized carbons (Fsp3) is 0.143. The summed E-state index contributed by atoms with van der Waals surface area (Å²) in [4.78, 5) is 0. The van der Waals surface area contributed by atoms with Gasteiger partial charge in [-0.25, -0.2) is 0 Å². The molecule has 0 radical (unpaired) electrons. The van der Waals surface area contributed by atoms with Gasteiger partial charge in [0.25, 0.3) is 0 Å². The summed E-state index contributed by atoms with van der Waals surface area (Å²) in [6.07, 6.45) is 3.50. The zero-order valence-corrected chi connectivity index (χ0v) is 10.3. The Morgan fingerprint density at radius 3 is 1.83 bits per heavy atom. The lowest BCUT2D eigenvalue weighted by Crippen LogP contribution is -2.13. The molecule has 0 N–H and O–H groups in total. The Balaban J connectivity index is 2.90. The Labute approximate surface area is 107 Å². The molecule has 4 nitrogen and oxygen atoms in total. The highest BCUT2D eigenvalue weighted by Crippen LogP contribution is 2.28. The first-order valence-electron chi connectivity index (χ1n) is 5.33. The average Bonchev–Trinajstić information content (AvgIpc) is 2.29. The minimum Gasteiger partial charge on any atom is -0.465 e. The number of hydrogen-bond donors (Lipinski definition) is 0. The highest BCUT2D eigenvalue weighted by atomic mass is 16.7. The van der Waals surface area contributed by atoms with Crippen LogP contribution in [0.3, 0.4) is 0 Å². The molecule has 1 aromatic rings. The Hall–Kier alpha value is -2.36. The maximum absolute atomic E-state index is 5.51. The van der Waals surface area contributed by atoms with Crippen LogP contribution in [0.4, 0.5) is 0 Å². The number of hydrogen-bond acceptors (Lipinski definition) is 4. The summed E-state index contributed by atoms with van der Waals surface area (Å²) in [6.45, 7) is 12.2. The molecule has 0 saturated heterocycles. The highest BCUT2D eigenvalue weighted by molar-refractivity contribution is 5.42. The summed E-state index contributed by atoms with van der Waals surface area (Å²) in [7, 11) is 0. The van der Waals surface area contributed by atoms with E-state index in [9.17, 15) is 0 Å². The molecule has 0 aliphatic heterocycles. The zero-order valence-electron chi connectivity index (χ0n) is 10.3. The zero-order chi connectivity index (χ0) is 13.4. The van der Waals surface area contributed by atoms with Crippen molar-refractivity contribution in [3.8, 4) is 17.2 Å². The number of ether oxygens (including phenoxy) is 4. The second-order valence-corrected chi connectivity index (χ2v) is 3.20. The minimum absolute atomic E-state index is 0.460. The smallest absolute Gasteiger partial charge is 0.237 e. The third kappa shape index (κ3) is 4.25. The lowest BCUT2D eigenvalue weighted by Gasteiger charge is -2.15. The molecule has 0 bridgehead atoms. The summed E-state index contributed by atoms with van der Waals surface area (Å²) in [5, 5.41) is 0. The van der Waals surface area contributed by atoms with Gasteiger partial charge in [0, 0.05) is 25.1 Å². The Morgan fingerprint density at radius 2 is 1.39 bits per heavy atom. The van der Waals surface area contributed by atoms with Crippen molar-refractivity contribution >= 4 is 0 Å². The molecule has 0 saturated carbocycles. The van der Waals surface area contributed by atoms with E-state index in [0.717, 1.165) is 0 Å². The van der Waals surface area contributed by atoms with Gasteiger partial charge >= 0.3 is 0 Å². The van der Waals surface area contributed by atoms with Crippen LogP contribution in [0.25, 0.3) is 0 Å². The fourth-order valence-corrected chi connectivity index (χ4v) is 1.30. The van der Waals surface area contributed by atoms with Crippen LogP contribution >= 0.6 is 0 Å². The topological polar surface area (TPSA) is 36.9 Å². The number of benzene rings is 1. The Morgan fingerprint density at radius 1 is 0.889 bits per heavy atom. The van der Waals surface area contributed by atoms with Gasteiger partial charge < -0.3 is 18.9 Å². The molecule has 96 valence electrons. The molecule has 1 aromatic carbocycles. The summed E-state index contributed by atoms with van der Waals surface area (Å²) >= 11 is 0. The van der Waals surface area contributed by atoms with Crippen molar-refractivity contribution in [3.63, 3.8) is 0 Å². The normalized spacial score (nSPS) is 10.9. The van der Waals surface area contributed by atoms with E-state index in [0.29, 0.717) is 17.2 Å². The molecular formula is C14H16O4. The van der Waals surface area contributed by atoms with Crippen molar-refractivity contribution in [2.45, 2.75) is 13.2 Å². The summed E-state index contributed by atoms with van der Waals surface area (Å²) in [5.74, 6) is 1.64. The first kappa shape index (κ1) is 13.7. The highest BCUT2D eigenvalue weighted by Gasteiger charge is 2.07. The van der Waals surface area contributed by atoms with Crippen LogP contribution in [0, 0.1) is 0 Å². The molecule has 1 atom stereocenters. The molecule has 0 aliphatic carbocycles. The molecule has 18 heavy (non-hydrogen) atoms. The summed E-state index contributed by atoms with van der Waals surface area (Å²) in [5.41, 5.74) is 0. The molecule has 0 fully saturated rings. The van der Waals surface area contributed by atoms with Crippen molar-refractivity contribution < 1.29 is 18.9 Å². The van der Waals surface area contributed by atoms with Crippen LogP contribution in [0.2, 0.25) is 0 Å². The lowest BCUT2D eigenvalue weighted by molar-refractivity contribution is -0.0133. The second kappa shape index (κ2) is 7.06. The van der Waals surface area contributed by atoms with Crippen LogP contribution in [-0.2, 0) is 4.74 Å². The molecule has 4 heteroatoms. The molecule has 0 amide bonds. The molecule has 0 aliphatic rings. The summed E-state index contributed by atoms with van der Waals surface area (Å²) in [6, 6.07) is 5.08. The van der Waals surface area contributed by atoms with Gasteiger partial charge in [-0.1, -0.05) is 19.7 Å². The molecule has 1 unspecified atom stereocenters. The number of rotatable bonds is 8. The SMILES string of the molecule is C=COc1cc(OC=C)cc(OC(C)OC=C)c1. The van der Waals surface area contributed by atoms with Gasteiger partial charge in [0.15, 0.2) is 0 Å². The first-order chi connectivity index (χ1) is 8.69. The molecular weight excluding hydrogens is 232 g/mol.